The summed E-state index contributed by atoms with van der Waals surface area (Å²) in [6.45, 7) is 8.29. The molecule has 0 spiro atoms. The first kappa shape index (κ1) is 15.0. The van der Waals surface area contributed by atoms with Crippen LogP contribution in [0.5, 0.6) is 5.75 Å². The number of thiophene rings is 1. The summed E-state index contributed by atoms with van der Waals surface area (Å²) in [5, 5.41) is 13.3. The monoisotopic (exact) mass is 293 g/mol. The lowest BCUT2D eigenvalue weighted by atomic mass is 10.0. The van der Waals surface area contributed by atoms with Crippen LogP contribution in [-0.2, 0) is 0 Å². The minimum atomic E-state index is -0.421. The van der Waals surface area contributed by atoms with Crippen LogP contribution < -0.4 is 5.32 Å². The van der Waals surface area contributed by atoms with Crippen LogP contribution in [0.4, 0.5) is 4.39 Å². The van der Waals surface area contributed by atoms with Gasteiger partial charge >= 0.3 is 0 Å². The van der Waals surface area contributed by atoms with Crippen molar-refractivity contribution in [2.24, 2.45) is 0 Å². The molecular weight excluding hydrogens is 273 g/mol. The molecule has 0 fully saturated rings. The van der Waals surface area contributed by atoms with Crippen LogP contribution in [0.1, 0.15) is 46.8 Å². The van der Waals surface area contributed by atoms with Gasteiger partial charge in [0.05, 0.1) is 0 Å². The molecule has 20 heavy (non-hydrogen) atoms. The highest BCUT2D eigenvalue weighted by molar-refractivity contribution is 7.12. The molecule has 0 aliphatic heterocycles. The van der Waals surface area contributed by atoms with E-state index in [0.717, 1.165) is 6.07 Å². The molecule has 0 radical (unpaired) electrons. The van der Waals surface area contributed by atoms with Gasteiger partial charge in [-0.1, -0.05) is 6.07 Å². The molecule has 2 nitrogen and oxygen atoms in total. The minimum Gasteiger partial charge on any atom is -0.508 e. The molecule has 2 atom stereocenters. The van der Waals surface area contributed by atoms with E-state index in [4.69, 9.17) is 0 Å². The lowest BCUT2D eigenvalue weighted by molar-refractivity contribution is 0.434. The number of phenols is 1. The van der Waals surface area contributed by atoms with E-state index in [2.05, 4.69) is 32.2 Å². The number of hydrogen-bond donors (Lipinski definition) is 2. The van der Waals surface area contributed by atoms with Gasteiger partial charge < -0.3 is 10.4 Å². The molecule has 2 N–H and O–H groups in total. The van der Waals surface area contributed by atoms with Crippen LogP contribution in [0.3, 0.4) is 0 Å². The van der Waals surface area contributed by atoms with Crippen molar-refractivity contribution in [3.8, 4) is 5.75 Å². The van der Waals surface area contributed by atoms with Crippen LogP contribution in [0.15, 0.2) is 24.3 Å². The SMILES string of the molecule is Cc1cc(C(C)NC(C)c2ccc(F)cc2O)c(C)s1. The molecule has 0 aliphatic rings. The number of rotatable bonds is 4. The number of nitrogens with one attached hydrogen (secondary N) is 1. The summed E-state index contributed by atoms with van der Waals surface area (Å²) in [5.74, 6) is -0.425. The zero-order valence-electron chi connectivity index (χ0n) is 12.2. The Morgan fingerprint density at radius 2 is 1.75 bits per heavy atom. The molecular formula is C16H20FNOS. The highest BCUT2D eigenvalue weighted by Gasteiger charge is 2.17. The van der Waals surface area contributed by atoms with Crippen molar-refractivity contribution in [3.63, 3.8) is 0 Å². The Hall–Kier alpha value is -1.39. The molecule has 0 amide bonds. The number of hydrogen-bond acceptors (Lipinski definition) is 3. The van der Waals surface area contributed by atoms with Crippen LogP contribution in [0.2, 0.25) is 0 Å². The maximum atomic E-state index is 13.0. The third-order valence-electron chi connectivity index (χ3n) is 3.50. The second kappa shape index (κ2) is 5.94. The van der Waals surface area contributed by atoms with E-state index in [1.807, 2.05) is 6.92 Å². The molecule has 1 aromatic carbocycles. The Kier molecular flexibility index (Phi) is 4.45. The second-order valence-electron chi connectivity index (χ2n) is 5.18. The van der Waals surface area contributed by atoms with Crippen molar-refractivity contribution in [2.75, 3.05) is 0 Å². The molecule has 0 saturated heterocycles. The fraction of sp³-hybridized carbons (Fsp3) is 0.375. The van der Waals surface area contributed by atoms with Crippen molar-refractivity contribution in [1.82, 2.24) is 5.32 Å². The first-order valence-electron chi connectivity index (χ1n) is 6.70. The van der Waals surface area contributed by atoms with Gasteiger partial charge in [-0.25, -0.2) is 4.39 Å². The lowest BCUT2D eigenvalue weighted by Gasteiger charge is -2.21. The Morgan fingerprint density at radius 1 is 1.10 bits per heavy atom. The fourth-order valence-corrected chi connectivity index (χ4v) is 3.54. The molecule has 1 aromatic heterocycles. The summed E-state index contributed by atoms with van der Waals surface area (Å²) in [4.78, 5) is 2.60. The smallest absolute Gasteiger partial charge is 0.126 e. The molecule has 2 unspecified atom stereocenters. The third kappa shape index (κ3) is 3.19. The second-order valence-corrected chi connectivity index (χ2v) is 6.64. The van der Waals surface area contributed by atoms with E-state index < -0.39 is 5.82 Å². The van der Waals surface area contributed by atoms with Gasteiger partial charge in [-0.2, -0.15) is 0 Å². The Bertz CT molecular complexity index is 609. The molecule has 108 valence electrons. The zero-order valence-corrected chi connectivity index (χ0v) is 13.0. The van der Waals surface area contributed by atoms with Gasteiger partial charge in [0.25, 0.3) is 0 Å². The molecule has 0 saturated carbocycles. The van der Waals surface area contributed by atoms with Crippen molar-refractivity contribution < 1.29 is 9.50 Å². The van der Waals surface area contributed by atoms with Gasteiger partial charge in [-0.15, -0.1) is 11.3 Å². The van der Waals surface area contributed by atoms with Gasteiger partial charge in [0.15, 0.2) is 0 Å². The van der Waals surface area contributed by atoms with Gasteiger partial charge in [0, 0.05) is 33.5 Å². The largest absolute Gasteiger partial charge is 0.508 e. The summed E-state index contributed by atoms with van der Waals surface area (Å²) in [6.07, 6.45) is 0. The first-order chi connectivity index (χ1) is 9.38. The first-order valence-corrected chi connectivity index (χ1v) is 7.51. The average molecular weight is 293 g/mol. The number of aryl methyl sites for hydroxylation is 2. The van der Waals surface area contributed by atoms with Crippen molar-refractivity contribution in [3.05, 3.63) is 51.0 Å². The normalized spacial score (nSPS) is 14.2. The molecule has 0 aliphatic carbocycles. The quantitative estimate of drug-likeness (QED) is 0.862. The Labute approximate surface area is 123 Å². The molecule has 2 rings (SSSR count). The molecule has 4 heteroatoms. The van der Waals surface area contributed by atoms with Gasteiger partial charge in [0.1, 0.15) is 11.6 Å². The average Bonchev–Trinajstić information content (AvgIpc) is 2.68. The lowest BCUT2D eigenvalue weighted by Crippen LogP contribution is -2.22. The number of halogens is 1. The highest BCUT2D eigenvalue weighted by Crippen LogP contribution is 2.30. The molecule has 0 bridgehead atoms. The van der Waals surface area contributed by atoms with E-state index in [1.54, 1.807) is 17.4 Å². The summed E-state index contributed by atoms with van der Waals surface area (Å²) in [6, 6.07) is 6.47. The van der Waals surface area contributed by atoms with Gasteiger partial charge in [-0.05, 0) is 45.4 Å². The van der Waals surface area contributed by atoms with Gasteiger partial charge in [-0.3, -0.25) is 0 Å². The number of aromatic hydroxyl groups is 1. The van der Waals surface area contributed by atoms with Crippen LogP contribution in [-0.4, -0.2) is 5.11 Å². The fourth-order valence-electron chi connectivity index (χ4n) is 2.52. The van der Waals surface area contributed by atoms with E-state index in [9.17, 15) is 9.50 Å². The summed E-state index contributed by atoms with van der Waals surface area (Å²) in [5.41, 5.74) is 1.99. The van der Waals surface area contributed by atoms with E-state index in [0.29, 0.717) is 5.56 Å². The summed E-state index contributed by atoms with van der Waals surface area (Å²) >= 11 is 1.79. The van der Waals surface area contributed by atoms with Crippen LogP contribution >= 0.6 is 11.3 Å². The van der Waals surface area contributed by atoms with Crippen molar-refractivity contribution in [2.45, 2.75) is 39.8 Å². The molecule has 2 aromatic rings. The highest BCUT2D eigenvalue weighted by atomic mass is 32.1. The van der Waals surface area contributed by atoms with E-state index >= 15 is 0 Å². The standard InChI is InChI=1S/C16H20FNOS/c1-9-7-15(12(4)20-9)11(3)18-10(2)14-6-5-13(17)8-16(14)19/h5-8,10-11,18-19H,1-4H3. The topological polar surface area (TPSA) is 32.3 Å². The maximum Gasteiger partial charge on any atom is 0.126 e. The predicted molar refractivity (Wildman–Crippen MR) is 81.8 cm³/mol. The van der Waals surface area contributed by atoms with Gasteiger partial charge in [0.2, 0.25) is 0 Å². The van der Waals surface area contributed by atoms with E-state index in [-0.39, 0.29) is 17.8 Å². The zero-order chi connectivity index (χ0) is 14.9. The number of phenolic OH excluding ortho intramolecular Hbond substituents is 1. The van der Waals surface area contributed by atoms with E-state index in [1.165, 1.54) is 21.4 Å². The minimum absolute atomic E-state index is 0.00424. The molecule has 1 heterocycles. The summed E-state index contributed by atoms with van der Waals surface area (Å²) in [7, 11) is 0. The predicted octanol–water partition coefficient (Wildman–Crippen LogP) is 4.62. The van der Waals surface area contributed by atoms with Crippen molar-refractivity contribution in [1.29, 1.82) is 0 Å². The Morgan fingerprint density at radius 3 is 2.30 bits per heavy atom. The Balaban J connectivity index is 2.14. The van der Waals surface area contributed by atoms with Crippen LogP contribution in [0, 0.1) is 19.7 Å². The third-order valence-corrected chi connectivity index (χ3v) is 4.49. The van der Waals surface area contributed by atoms with Crippen molar-refractivity contribution >= 4 is 11.3 Å². The summed E-state index contributed by atoms with van der Waals surface area (Å²) < 4.78 is 13.0. The van der Waals surface area contributed by atoms with Crippen LogP contribution in [0.25, 0.3) is 0 Å². The maximum absolute atomic E-state index is 13.0. The number of benzene rings is 1.